The molecule has 0 aliphatic rings. The second-order valence-corrected chi connectivity index (χ2v) is 5.81. The van der Waals surface area contributed by atoms with Gasteiger partial charge in [-0.2, -0.15) is 0 Å². The molecular weight excluding hydrogens is 330 g/mol. The number of hydrogen-bond donors (Lipinski definition) is 2. The Morgan fingerprint density at radius 1 is 1.15 bits per heavy atom. The fourth-order valence-electron chi connectivity index (χ4n) is 2.78. The number of rotatable bonds is 7. The molecule has 2 aromatic carbocycles. The Balaban J connectivity index is 1.75. The van der Waals surface area contributed by atoms with E-state index in [0.717, 1.165) is 28.5 Å². The van der Waals surface area contributed by atoms with Crippen LogP contribution in [0.5, 0.6) is 17.2 Å². The molecule has 0 aliphatic carbocycles. The number of nitrogens with one attached hydrogen (secondary N) is 1. The number of nitrogens with zero attached hydrogens (tertiary/aromatic N) is 2. The molecule has 1 heterocycles. The van der Waals surface area contributed by atoms with E-state index in [1.165, 1.54) is 7.11 Å². The molecule has 3 aromatic rings. The maximum absolute atomic E-state index is 10.2. The molecule has 0 spiro atoms. The summed E-state index contributed by atoms with van der Waals surface area (Å²) in [7, 11) is 3.49. The number of anilines is 1. The summed E-state index contributed by atoms with van der Waals surface area (Å²) in [5.41, 5.74) is 2.79. The van der Waals surface area contributed by atoms with Crippen LogP contribution in [0.2, 0.25) is 0 Å². The smallest absolute Gasteiger partial charge is 0.203 e. The molecule has 0 radical (unpaired) electrons. The van der Waals surface area contributed by atoms with E-state index in [2.05, 4.69) is 10.3 Å². The van der Waals surface area contributed by atoms with E-state index in [4.69, 9.17) is 9.47 Å². The second kappa shape index (κ2) is 7.82. The van der Waals surface area contributed by atoms with Crippen LogP contribution in [0.15, 0.2) is 48.7 Å². The van der Waals surface area contributed by atoms with E-state index in [-0.39, 0.29) is 5.75 Å². The molecule has 0 bridgehead atoms. The fraction of sp³-hybridized carbons (Fsp3) is 0.250. The number of phenols is 1. The predicted octanol–water partition coefficient (Wildman–Crippen LogP) is 3.81. The first-order valence-corrected chi connectivity index (χ1v) is 8.47. The zero-order valence-electron chi connectivity index (χ0n) is 15.2. The lowest BCUT2D eigenvalue weighted by atomic mass is 10.1. The third kappa shape index (κ3) is 3.59. The first kappa shape index (κ1) is 17.7. The summed E-state index contributed by atoms with van der Waals surface area (Å²) >= 11 is 0. The van der Waals surface area contributed by atoms with Crippen molar-refractivity contribution in [3.05, 3.63) is 54.2 Å². The normalized spacial score (nSPS) is 10.6. The molecule has 0 aliphatic heterocycles. The molecule has 0 unspecified atom stereocenters. The minimum absolute atomic E-state index is 0.142. The number of ether oxygens (including phenoxy) is 2. The Bertz CT molecular complexity index is 873. The van der Waals surface area contributed by atoms with Gasteiger partial charge < -0.3 is 24.5 Å². The van der Waals surface area contributed by atoms with Gasteiger partial charge in [0.1, 0.15) is 5.75 Å². The number of hydrogen-bond acceptors (Lipinski definition) is 5. The maximum atomic E-state index is 10.2. The van der Waals surface area contributed by atoms with E-state index in [9.17, 15) is 5.11 Å². The quantitative estimate of drug-likeness (QED) is 0.676. The van der Waals surface area contributed by atoms with Crippen molar-refractivity contribution in [2.45, 2.75) is 13.5 Å². The van der Waals surface area contributed by atoms with E-state index in [1.54, 1.807) is 6.07 Å². The third-order valence-electron chi connectivity index (χ3n) is 4.19. The standard InChI is InChI=1S/C20H23N3O3/c1-4-26-16-10-8-14(9-11-16)17-13-22-20(23(17)2)21-12-15-6-5-7-18(25-3)19(15)24/h5-11,13,24H,4,12H2,1-3H3,(H,21,22). The highest BCUT2D eigenvalue weighted by molar-refractivity contribution is 5.62. The Hall–Kier alpha value is -3.15. The summed E-state index contributed by atoms with van der Waals surface area (Å²) in [5, 5.41) is 13.4. The van der Waals surface area contributed by atoms with Crippen molar-refractivity contribution in [2.24, 2.45) is 7.05 Å². The number of aromatic hydroxyl groups is 1. The van der Waals surface area contributed by atoms with Gasteiger partial charge in [0.15, 0.2) is 11.5 Å². The zero-order valence-corrected chi connectivity index (χ0v) is 15.2. The van der Waals surface area contributed by atoms with Crippen molar-refractivity contribution in [1.82, 2.24) is 9.55 Å². The highest BCUT2D eigenvalue weighted by Gasteiger charge is 2.11. The average molecular weight is 353 g/mol. The Morgan fingerprint density at radius 2 is 1.92 bits per heavy atom. The number of para-hydroxylation sites is 1. The van der Waals surface area contributed by atoms with E-state index >= 15 is 0 Å². The zero-order chi connectivity index (χ0) is 18.5. The van der Waals surface area contributed by atoms with Gasteiger partial charge in [-0.1, -0.05) is 12.1 Å². The largest absolute Gasteiger partial charge is 0.504 e. The van der Waals surface area contributed by atoms with Gasteiger partial charge >= 0.3 is 0 Å². The van der Waals surface area contributed by atoms with Crippen LogP contribution in [0.4, 0.5) is 5.95 Å². The molecule has 0 fully saturated rings. The predicted molar refractivity (Wildman–Crippen MR) is 102 cm³/mol. The number of imidazole rings is 1. The molecule has 3 rings (SSSR count). The summed E-state index contributed by atoms with van der Waals surface area (Å²) in [5.74, 6) is 2.17. The average Bonchev–Trinajstić information content (AvgIpc) is 3.02. The molecule has 26 heavy (non-hydrogen) atoms. The first-order chi connectivity index (χ1) is 12.6. The molecule has 0 atom stereocenters. The summed E-state index contributed by atoms with van der Waals surface area (Å²) in [6.45, 7) is 3.06. The number of methoxy groups -OCH3 is 1. The second-order valence-electron chi connectivity index (χ2n) is 5.81. The van der Waals surface area contributed by atoms with Gasteiger partial charge in [0.05, 0.1) is 25.6 Å². The first-order valence-electron chi connectivity index (χ1n) is 8.47. The van der Waals surface area contributed by atoms with Crippen molar-refractivity contribution in [3.8, 4) is 28.5 Å². The number of benzene rings is 2. The van der Waals surface area contributed by atoms with Gasteiger partial charge in [-0.3, -0.25) is 0 Å². The molecule has 2 N–H and O–H groups in total. The lowest BCUT2D eigenvalue weighted by Crippen LogP contribution is -2.06. The summed E-state index contributed by atoms with van der Waals surface area (Å²) in [6.07, 6.45) is 1.82. The van der Waals surface area contributed by atoms with Gasteiger partial charge in [-0.25, -0.2) is 4.98 Å². The molecule has 6 heteroatoms. The summed E-state index contributed by atoms with van der Waals surface area (Å²) in [4.78, 5) is 4.45. The molecule has 0 amide bonds. The molecule has 0 saturated carbocycles. The van der Waals surface area contributed by atoms with Crippen LogP contribution in [-0.4, -0.2) is 28.4 Å². The number of phenolic OH excluding ortho intramolecular Hbond substituents is 1. The van der Waals surface area contributed by atoms with Crippen LogP contribution < -0.4 is 14.8 Å². The third-order valence-corrected chi connectivity index (χ3v) is 4.19. The van der Waals surface area contributed by atoms with Crippen molar-refractivity contribution >= 4 is 5.95 Å². The van der Waals surface area contributed by atoms with Gasteiger partial charge in [0.25, 0.3) is 0 Å². The minimum atomic E-state index is 0.142. The Labute approximate surface area is 153 Å². The van der Waals surface area contributed by atoms with Crippen molar-refractivity contribution in [3.63, 3.8) is 0 Å². The summed E-state index contributed by atoms with van der Waals surface area (Å²) < 4.78 is 12.6. The van der Waals surface area contributed by atoms with E-state index in [1.807, 2.05) is 61.1 Å². The van der Waals surface area contributed by atoms with E-state index in [0.29, 0.717) is 18.9 Å². The van der Waals surface area contributed by atoms with Crippen molar-refractivity contribution < 1.29 is 14.6 Å². The topological polar surface area (TPSA) is 68.5 Å². The van der Waals surface area contributed by atoms with Crippen LogP contribution in [0.3, 0.4) is 0 Å². The highest BCUT2D eigenvalue weighted by Crippen LogP contribution is 2.30. The van der Waals surface area contributed by atoms with Crippen LogP contribution in [-0.2, 0) is 13.6 Å². The molecule has 0 saturated heterocycles. The van der Waals surface area contributed by atoms with Crippen LogP contribution >= 0.6 is 0 Å². The monoisotopic (exact) mass is 353 g/mol. The number of aromatic nitrogens is 2. The summed E-state index contributed by atoms with van der Waals surface area (Å²) in [6, 6.07) is 13.4. The lowest BCUT2D eigenvalue weighted by molar-refractivity contribution is 0.340. The van der Waals surface area contributed by atoms with Gasteiger partial charge in [-0.05, 0) is 37.3 Å². The lowest BCUT2D eigenvalue weighted by Gasteiger charge is -2.11. The fourth-order valence-corrected chi connectivity index (χ4v) is 2.78. The van der Waals surface area contributed by atoms with Crippen LogP contribution in [0.1, 0.15) is 12.5 Å². The van der Waals surface area contributed by atoms with Gasteiger partial charge in [0.2, 0.25) is 5.95 Å². The maximum Gasteiger partial charge on any atom is 0.203 e. The van der Waals surface area contributed by atoms with Crippen molar-refractivity contribution in [1.29, 1.82) is 0 Å². The molecule has 1 aromatic heterocycles. The highest BCUT2D eigenvalue weighted by atomic mass is 16.5. The molecular formula is C20H23N3O3. The SMILES string of the molecule is CCOc1ccc(-c2cnc(NCc3cccc(OC)c3O)n2C)cc1. The van der Waals surface area contributed by atoms with E-state index < -0.39 is 0 Å². The minimum Gasteiger partial charge on any atom is -0.504 e. The van der Waals surface area contributed by atoms with Gasteiger partial charge in [0, 0.05) is 24.7 Å². The Morgan fingerprint density at radius 3 is 2.62 bits per heavy atom. The Kier molecular flexibility index (Phi) is 5.31. The van der Waals surface area contributed by atoms with Crippen LogP contribution in [0.25, 0.3) is 11.3 Å². The van der Waals surface area contributed by atoms with Gasteiger partial charge in [-0.15, -0.1) is 0 Å². The van der Waals surface area contributed by atoms with Crippen molar-refractivity contribution in [2.75, 3.05) is 19.0 Å². The van der Waals surface area contributed by atoms with Crippen LogP contribution in [0, 0.1) is 0 Å². The molecule has 6 nitrogen and oxygen atoms in total. The molecule has 136 valence electrons.